The molecule has 0 unspecified atom stereocenters. The number of hydrogen-bond donors (Lipinski definition) is 2. The van der Waals surface area contributed by atoms with Gasteiger partial charge in [-0.05, 0) is 18.2 Å². The Morgan fingerprint density at radius 2 is 2.12 bits per heavy atom. The van der Waals surface area contributed by atoms with E-state index in [0.717, 1.165) is 0 Å². The molecule has 2 aromatic heterocycles. The van der Waals surface area contributed by atoms with E-state index in [4.69, 9.17) is 5.73 Å². The average molecular weight is 215 g/mol. The fraction of sp³-hybridized carbons (Fsp3) is 0. The zero-order valence-electron chi connectivity index (χ0n) is 8.29. The minimum atomic E-state index is -0.537. The molecule has 80 valence electrons. The smallest absolute Gasteiger partial charge is 0.252 e. The number of nitrogens with one attached hydrogen (secondary N) is 1. The number of carbonyl (C=O) groups excluding carboxylic acids is 1. The SMILES string of the molecule is NC(=O)c1cccnc1Nc1ccncn1. The summed E-state index contributed by atoms with van der Waals surface area (Å²) in [6.07, 6.45) is 4.55. The Bertz CT molecular complexity index is 500. The Labute approximate surface area is 91.6 Å². The van der Waals surface area contributed by atoms with Crippen LogP contribution in [0.15, 0.2) is 36.9 Å². The second-order valence-corrected chi connectivity index (χ2v) is 2.98. The molecule has 6 nitrogen and oxygen atoms in total. The molecule has 0 atom stereocenters. The third-order valence-electron chi connectivity index (χ3n) is 1.90. The number of anilines is 2. The molecule has 2 heterocycles. The summed E-state index contributed by atoms with van der Waals surface area (Å²) in [6, 6.07) is 4.91. The van der Waals surface area contributed by atoms with Crippen LogP contribution >= 0.6 is 0 Å². The molecule has 1 amide bonds. The van der Waals surface area contributed by atoms with Crippen LogP contribution in [0.2, 0.25) is 0 Å². The van der Waals surface area contributed by atoms with Gasteiger partial charge in [-0.25, -0.2) is 15.0 Å². The van der Waals surface area contributed by atoms with Crippen LogP contribution in [0, 0.1) is 0 Å². The predicted octanol–water partition coefficient (Wildman–Crippen LogP) is 0.714. The van der Waals surface area contributed by atoms with Crippen molar-refractivity contribution in [3.05, 3.63) is 42.5 Å². The molecule has 0 radical (unpaired) electrons. The number of pyridine rings is 1. The lowest BCUT2D eigenvalue weighted by Gasteiger charge is -2.06. The van der Waals surface area contributed by atoms with E-state index in [0.29, 0.717) is 17.2 Å². The van der Waals surface area contributed by atoms with E-state index in [9.17, 15) is 4.79 Å². The largest absolute Gasteiger partial charge is 0.365 e. The summed E-state index contributed by atoms with van der Waals surface area (Å²) < 4.78 is 0. The Hall–Kier alpha value is -2.50. The molecule has 3 N–H and O–H groups in total. The normalized spacial score (nSPS) is 9.75. The van der Waals surface area contributed by atoms with Gasteiger partial charge in [-0.1, -0.05) is 0 Å². The zero-order valence-corrected chi connectivity index (χ0v) is 8.29. The van der Waals surface area contributed by atoms with Gasteiger partial charge < -0.3 is 11.1 Å². The van der Waals surface area contributed by atoms with Crippen LogP contribution in [0.1, 0.15) is 10.4 Å². The molecular formula is C10H9N5O. The van der Waals surface area contributed by atoms with Crippen molar-refractivity contribution in [3.63, 3.8) is 0 Å². The first-order valence-corrected chi connectivity index (χ1v) is 4.55. The first-order valence-electron chi connectivity index (χ1n) is 4.55. The van der Waals surface area contributed by atoms with Crippen molar-refractivity contribution in [1.82, 2.24) is 15.0 Å². The first-order chi connectivity index (χ1) is 7.77. The first kappa shape index (κ1) is 10.0. The monoisotopic (exact) mass is 215 g/mol. The number of nitrogens with zero attached hydrogens (tertiary/aromatic N) is 3. The van der Waals surface area contributed by atoms with Gasteiger partial charge in [0.2, 0.25) is 0 Å². The van der Waals surface area contributed by atoms with Crippen molar-refractivity contribution in [3.8, 4) is 0 Å². The van der Waals surface area contributed by atoms with Crippen molar-refractivity contribution >= 4 is 17.5 Å². The molecule has 0 saturated heterocycles. The van der Waals surface area contributed by atoms with E-state index in [-0.39, 0.29) is 0 Å². The second-order valence-electron chi connectivity index (χ2n) is 2.98. The van der Waals surface area contributed by atoms with E-state index < -0.39 is 5.91 Å². The number of nitrogens with two attached hydrogens (primary N) is 1. The van der Waals surface area contributed by atoms with E-state index in [1.165, 1.54) is 6.33 Å². The molecule has 0 bridgehead atoms. The van der Waals surface area contributed by atoms with E-state index in [1.807, 2.05) is 0 Å². The topological polar surface area (TPSA) is 93.8 Å². The Morgan fingerprint density at radius 1 is 1.25 bits per heavy atom. The molecular weight excluding hydrogens is 206 g/mol. The molecule has 0 aliphatic heterocycles. The highest BCUT2D eigenvalue weighted by Crippen LogP contribution is 2.15. The van der Waals surface area contributed by atoms with Crippen LogP contribution in [0.3, 0.4) is 0 Å². The van der Waals surface area contributed by atoms with Crippen LogP contribution < -0.4 is 11.1 Å². The van der Waals surface area contributed by atoms with Crippen molar-refractivity contribution in [1.29, 1.82) is 0 Å². The fourth-order valence-electron chi connectivity index (χ4n) is 1.19. The van der Waals surface area contributed by atoms with Crippen LogP contribution in [0.25, 0.3) is 0 Å². The minimum absolute atomic E-state index is 0.320. The van der Waals surface area contributed by atoms with Crippen molar-refractivity contribution < 1.29 is 4.79 Å². The van der Waals surface area contributed by atoms with Crippen LogP contribution in [-0.4, -0.2) is 20.9 Å². The Kier molecular flexibility index (Phi) is 2.73. The van der Waals surface area contributed by atoms with Gasteiger partial charge in [0, 0.05) is 12.4 Å². The maximum absolute atomic E-state index is 11.1. The number of hydrogen-bond acceptors (Lipinski definition) is 5. The Balaban J connectivity index is 2.31. The lowest BCUT2D eigenvalue weighted by atomic mass is 10.2. The molecule has 6 heteroatoms. The summed E-state index contributed by atoms with van der Waals surface area (Å²) in [6.45, 7) is 0. The molecule has 0 aromatic carbocycles. The van der Waals surface area contributed by atoms with Crippen LogP contribution in [-0.2, 0) is 0 Å². The molecule has 0 fully saturated rings. The maximum atomic E-state index is 11.1. The predicted molar refractivity (Wildman–Crippen MR) is 58.1 cm³/mol. The van der Waals surface area contributed by atoms with Crippen molar-refractivity contribution in [2.45, 2.75) is 0 Å². The summed E-state index contributed by atoms with van der Waals surface area (Å²) in [5, 5.41) is 2.89. The quantitative estimate of drug-likeness (QED) is 0.786. The average Bonchev–Trinajstić information content (AvgIpc) is 2.31. The second kappa shape index (κ2) is 4.35. The minimum Gasteiger partial charge on any atom is -0.365 e. The van der Waals surface area contributed by atoms with Gasteiger partial charge in [0.05, 0.1) is 5.56 Å². The lowest BCUT2D eigenvalue weighted by molar-refractivity contribution is 0.100. The zero-order chi connectivity index (χ0) is 11.4. The van der Waals surface area contributed by atoms with Gasteiger partial charge in [0.25, 0.3) is 5.91 Å². The lowest BCUT2D eigenvalue weighted by Crippen LogP contribution is -2.14. The molecule has 0 spiro atoms. The third-order valence-corrected chi connectivity index (χ3v) is 1.90. The van der Waals surface area contributed by atoms with Gasteiger partial charge >= 0.3 is 0 Å². The summed E-state index contributed by atoms with van der Waals surface area (Å²) >= 11 is 0. The highest BCUT2D eigenvalue weighted by Gasteiger charge is 2.08. The summed E-state index contributed by atoms with van der Waals surface area (Å²) in [5.41, 5.74) is 5.54. The molecule has 16 heavy (non-hydrogen) atoms. The van der Waals surface area contributed by atoms with Crippen LogP contribution in [0.4, 0.5) is 11.6 Å². The van der Waals surface area contributed by atoms with Gasteiger partial charge in [-0.3, -0.25) is 4.79 Å². The van der Waals surface area contributed by atoms with E-state index in [2.05, 4.69) is 20.3 Å². The van der Waals surface area contributed by atoms with Gasteiger partial charge in [-0.2, -0.15) is 0 Å². The highest BCUT2D eigenvalue weighted by molar-refractivity contribution is 5.97. The number of primary amides is 1. The molecule has 2 aromatic rings. The van der Waals surface area contributed by atoms with Crippen molar-refractivity contribution in [2.75, 3.05) is 5.32 Å². The van der Waals surface area contributed by atoms with Gasteiger partial charge in [0.1, 0.15) is 18.0 Å². The standard InChI is InChI=1S/C10H9N5O/c11-9(16)7-2-1-4-13-10(7)15-8-3-5-12-6-14-8/h1-6H,(H2,11,16)(H,12,13,14,15). The molecule has 2 rings (SSSR count). The van der Waals surface area contributed by atoms with E-state index >= 15 is 0 Å². The highest BCUT2D eigenvalue weighted by atomic mass is 16.1. The number of amides is 1. The van der Waals surface area contributed by atoms with Gasteiger partial charge in [0.15, 0.2) is 0 Å². The molecule has 0 aliphatic rings. The summed E-state index contributed by atoms with van der Waals surface area (Å²) in [4.78, 5) is 22.9. The summed E-state index contributed by atoms with van der Waals surface area (Å²) in [7, 11) is 0. The number of aromatic nitrogens is 3. The number of rotatable bonds is 3. The number of carbonyl (C=O) groups is 1. The van der Waals surface area contributed by atoms with Gasteiger partial charge in [-0.15, -0.1) is 0 Å². The molecule has 0 aliphatic carbocycles. The third kappa shape index (κ3) is 2.11. The summed E-state index contributed by atoms with van der Waals surface area (Å²) in [5.74, 6) is 0.398. The van der Waals surface area contributed by atoms with E-state index in [1.54, 1.807) is 30.6 Å². The van der Waals surface area contributed by atoms with Crippen LogP contribution in [0.5, 0.6) is 0 Å². The maximum Gasteiger partial charge on any atom is 0.252 e. The molecule has 0 saturated carbocycles. The van der Waals surface area contributed by atoms with Crippen molar-refractivity contribution in [2.24, 2.45) is 5.73 Å². The fourth-order valence-corrected chi connectivity index (χ4v) is 1.19. The Morgan fingerprint density at radius 3 is 2.81 bits per heavy atom.